The van der Waals surface area contributed by atoms with Gasteiger partial charge in [-0.1, -0.05) is 0 Å². The molecule has 4 rings (SSSR count). The van der Waals surface area contributed by atoms with Gasteiger partial charge in [0.15, 0.2) is 5.82 Å². The Kier molecular flexibility index (Phi) is 4.21. The molecular weight excluding hydrogens is 316 g/mol. The molecule has 7 nitrogen and oxygen atoms in total. The quantitative estimate of drug-likeness (QED) is 0.728. The van der Waals surface area contributed by atoms with Gasteiger partial charge in [0.1, 0.15) is 11.6 Å². The third-order valence-electron chi connectivity index (χ3n) is 4.84. The first-order valence-corrected chi connectivity index (χ1v) is 8.67. The van der Waals surface area contributed by atoms with Crippen LogP contribution in [0.5, 0.6) is 5.75 Å². The lowest BCUT2D eigenvalue weighted by Gasteiger charge is -2.32. The van der Waals surface area contributed by atoms with Crippen molar-refractivity contribution < 1.29 is 4.74 Å². The molecule has 0 radical (unpaired) electrons. The van der Waals surface area contributed by atoms with E-state index in [9.17, 15) is 0 Å². The van der Waals surface area contributed by atoms with Crippen LogP contribution in [0.3, 0.4) is 0 Å². The highest BCUT2D eigenvalue weighted by Gasteiger charge is 2.23. The SMILES string of the molecule is Cc1cnccc1OCC1CCN(c2nccn3c(C)nnc23)CC1. The molecule has 0 N–H and O–H groups in total. The highest BCUT2D eigenvalue weighted by atomic mass is 16.5. The molecule has 0 aromatic carbocycles. The van der Waals surface area contributed by atoms with Crippen molar-refractivity contribution in [2.45, 2.75) is 26.7 Å². The summed E-state index contributed by atoms with van der Waals surface area (Å²) in [5.74, 6) is 3.30. The number of rotatable bonds is 4. The lowest BCUT2D eigenvalue weighted by molar-refractivity contribution is 0.221. The fourth-order valence-corrected chi connectivity index (χ4v) is 3.29. The van der Waals surface area contributed by atoms with Crippen molar-refractivity contribution >= 4 is 11.5 Å². The van der Waals surface area contributed by atoms with Gasteiger partial charge in [0.05, 0.1) is 6.61 Å². The van der Waals surface area contributed by atoms with E-state index in [1.54, 1.807) is 6.20 Å². The number of nitrogens with zero attached hydrogens (tertiary/aromatic N) is 6. The van der Waals surface area contributed by atoms with E-state index >= 15 is 0 Å². The van der Waals surface area contributed by atoms with E-state index in [4.69, 9.17) is 4.74 Å². The zero-order valence-electron chi connectivity index (χ0n) is 14.6. The van der Waals surface area contributed by atoms with E-state index in [1.807, 2.05) is 42.9 Å². The molecule has 1 aliphatic heterocycles. The van der Waals surface area contributed by atoms with E-state index in [0.717, 1.165) is 61.1 Å². The standard InChI is InChI=1S/C18H22N6O/c1-13-11-19-6-3-16(13)25-12-15-4-8-23(9-5-15)17-18-22-21-14(2)24(18)10-7-20-17/h3,6-7,10-11,15H,4-5,8-9,12H2,1-2H3. The van der Waals surface area contributed by atoms with E-state index in [1.165, 1.54) is 0 Å². The summed E-state index contributed by atoms with van der Waals surface area (Å²) in [6, 6.07) is 1.93. The number of ether oxygens (including phenoxy) is 1. The normalized spacial score (nSPS) is 15.7. The van der Waals surface area contributed by atoms with E-state index in [-0.39, 0.29) is 0 Å². The summed E-state index contributed by atoms with van der Waals surface area (Å²) in [7, 11) is 0. The van der Waals surface area contributed by atoms with Crippen LogP contribution in [0.15, 0.2) is 30.9 Å². The molecule has 1 saturated heterocycles. The molecule has 3 aromatic heterocycles. The first-order chi connectivity index (χ1) is 12.2. The van der Waals surface area contributed by atoms with Crippen LogP contribution in [0.1, 0.15) is 24.2 Å². The number of fused-ring (bicyclic) bond motifs is 1. The Morgan fingerprint density at radius 2 is 2.00 bits per heavy atom. The van der Waals surface area contributed by atoms with Crippen LogP contribution >= 0.6 is 0 Å². The summed E-state index contributed by atoms with van der Waals surface area (Å²) in [6.45, 7) is 6.65. The molecule has 0 saturated carbocycles. The zero-order valence-corrected chi connectivity index (χ0v) is 14.6. The monoisotopic (exact) mass is 338 g/mol. The molecule has 25 heavy (non-hydrogen) atoms. The minimum atomic E-state index is 0.558. The Balaban J connectivity index is 1.39. The average Bonchev–Trinajstić information content (AvgIpc) is 3.03. The number of aryl methyl sites for hydroxylation is 2. The van der Waals surface area contributed by atoms with Gasteiger partial charge >= 0.3 is 0 Å². The van der Waals surface area contributed by atoms with E-state index < -0.39 is 0 Å². The van der Waals surface area contributed by atoms with E-state index in [2.05, 4.69) is 25.1 Å². The fraction of sp³-hybridized carbons (Fsp3) is 0.444. The third-order valence-corrected chi connectivity index (χ3v) is 4.84. The van der Waals surface area contributed by atoms with Gasteiger partial charge in [-0.3, -0.25) is 9.38 Å². The Morgan fingerprint density at radius 1 is 1.16 bits per heavy atom. The van der Waals surface area contributed by atoms with Gasteiger partial charge in [0.2, 0.25) is 5.65 Å². The number of piperidine rings is 1. The molecule has 0 unspecified atom stereocenters. The molecule has 0 atom stereocenters. The molecule has 4 heterocycles. The Hall–Kier alpha value is -2.70. The smallest absolute Gasteiger partial charge is 0.203 e. The Morgan fingerprint density at radius 3 is 2.80 bits per heavy atom. The predicted molar refractivity (Wildman–Crippen MR) is 94.9 cm³/mol. The summed E-state index contributed by atoms with van der Waals surface area (Å²) < 4.78 is 7.98. The van der Waals surface area contributed by atoms with Gasteiger partial charge < -0.3 is 9.64 Å². The highest BCUT2D eigenvalue weighted by Crippen LogP contribution is 2.25. The van der Waals surface area contributed by atoms with Gasteiger partial charge in [0.25, 0.3) is 0 Å². The molecule has 1 fully saturated rings. The topological polar surface area (TPSA) is 68.4 Å². The van der Waals surface area contributed by atoms with Crippen molar-refractivity contribution in [3.05, 3.63) is 42.2 Å². The Bertz CT molecular complexity index is 869. The van der Waals surface area contributed by atoms with Crippen LogP contribution in [-0.4, -0.2) is 44.3 Å². The molecule has 0 spiro atoms. The van der Waals surface area contributed by atoms with Gasteiger partial charge in [-0.25, -0.2) is 4.98 Å². The van der Waals surface area contributed by atoms with Gasteiger partial charge in [0, 0.05) is 43.4 Å². The van der Waals surface area contributed by atoms with Gasteiger partial charge in [-0.05, 0) is 38.7 Å². The van der Waals surface area contributed by atoms with Gasteiger partial charge in [-0.15, -0.1) is 10.2 Å². The summed E-state index contributed by atoms with van der Waals surface area (Å²) in [5, 5.41) is 8.43. The van der Waals surface area contributed by atoms with Crippen LogP contribution in [0.2, 0.25) is 0 Å². The highest BCUT2D eigenvalue weighted by molar-refractivity contribution is 5.63. The minimum Gasteiger partial charge on any atom is -0.493 e. The fourth-order valence-electron chi connectivity index (χ4n) is 3.29. The summed E-state index contributed by atoms with van der Waals surface area (Å²) in [6.07, 6.45) is 9.51. The molecule has 1 aliphatic rings. The van der Waals surface area contributed by atoms with Crippen molar-refractivity contribution in [2.24, 2.45) is 5.92 Å². The van der Waals surface area contributed by atoms with E-state index in [0.29, 0.717) is 5.92 Å². The molecule has 7 heteroatoms. The van der Waals surface area contributed by atoms with Crippen LogP contribution < -0.4 is 9.64 Å². The maximum atomic E-state index is 5.99. The van der Waals surface area contributed by atoms with Crippen LogP contribution in [0.4, 0.5) is 5.82 Å². The lowest BCUT2D eigenvalue weighted by Crippen LogP contribution is -2.36. The Labute approximate surface area is 146 Å². The van der Waals surface area contributed by atoms with Gasteiger partial charge in [-0.2, -0.15) is 0 Å². The number of pyridine rings is 1. The van der Waals surface area contributed by atoms with Crippen molar-refractivity contribution in [1.82, 2.24) is 24.6 Å². The maximum absolute atomic E-state index is 5.99. The number of anilines is 1. The first kappa shape index (κ1) is 15.8. The van der Waals surface area contributed by atoms with Crippen LogP contribution in [0, 0.1) is 19.8 Å². The number of hydrogen-bond donors (Lipinski definition) is 0. The van der Waals surface area contributed by atoms with Crippen LogP contribution in [-0.2, 0) is 0 Å². The zero-order chi connectivity index (χ0) is 17.2. The third kappa shape index (κ3) is 3.14. The number of aromatic nitrogens is 5. The summed E-state index contributed by atoms with van der Waals surface area (Å²) in [5.41, 5.74) is 1.92. The summed E-state index contributed by atoms with van der Waals surface area (Å²) in [4.78, 5) is 10.9. The van der Waals surface area contributed by atoms with Crippen LogP contribution in [0.25, 0.3) is 5.65 Å². The minimum absolute atomic E-state index is 0.558. The van der Waals surface area contributed by atoms with Crippen molar-refractivity contribution in [2.75, 3.05) is 24.6 Å². The number of hydrogen-bond acceptors (Lipinski definition) is 6. The molecule has 0 bridgehead atoms. The molecule has 0 aliphatic carbocycles. The maximum Gasteiger partial charge on any atom is 0.203 e. The largest absolute Gasteiger partial charge is 0.493 e. The van der Waals surface area contributed by atoms with Crippen molar-refractivity contribution in [3.8, 4) is 5.75 Å². The molecule has 130 valence electrons. The van der Waals surface area contributed by atoms with Crippen molar-refractivity contribution in [1.29, 1.82) is 0 Å². The second-order valence-electron chi connectivity index (χ2n) is 6.57. The lowest BCUT2D eigenvalue weighted by atomic mass is 9.98. The molecular formula is C18H22N6O. The predicted octanol–water partition coefficient (Wildman–Crippen LogP) is 2.43. The van der Waals surface area contributed by atoms with Crippen molar-refractivity contribution in [3.63, 3.8) is 0 Å². The average molecular weight is 338 g/mol. The molecule has 3 aromatic rings. The second-order valence-corrected chi connectivity index (χ2v) is 6.57. The first-order valence-electron chi connectivity index (χ1n) is 8.67. The molecule has 0 amide bonds. The summed E-state index contributed by atoms with van der Waals surface area (Å²) >= 11 is 0. The second kappa shape index (κ2) is 6.66.